The number of amides is 1. The summed E-state index contributed by atoms with van der Waals surface area (Å²) in [5.74, 6) is 0.281. The monoisotopic (exact) mass is 397 g/mol. The number of hydrogen-bond donors (Lipinski definition) is 1. The molecule has 0 aromatic heterocycles. The molecule has 0 saturated carbocycles. The molecule has 2 aromatic carbocycles. The molecule has 0 fully saturated rings. The van der Waals surface area contributed by atoms with Gasteiger partial charge in [-0.2, -0.15) is 0 Å². The largest absolute Gasteiger partial charge is 0.497 e. The zero-order valence-corrected chi connectivity index (χ0v) is 17.0. The number of esters is 1. The lowest BCUT2D eigenvalue weighted by Crippen LogP contribution is -2.32. The molecule has 2 aromatic rings. The van der Waals surface area contributed by atoms with Gasteiger partial charge in [0.05, 0.1) is 20.3 Å². The predicted molar refractivity (Wildman–Crippen MR) is 112 cm³/mol. The van der Waals surface area contributed by atoms with E-state index in [2.05, 4.69) is 12.2 Å². The molecule has 2 rings (SSSR count). The molecule has 0 heterocycles. The van der Waals surface area contributed by atoms with E-state index in [1.165, 1.54) is 6.08 Å². The summed E-state index contributed by atoms with van der Waals surface area (Å²) in [4.78, 5) is 24.2. The van der Waals surface area contributed by atoms with Crippen LogP contribution in [0.1, 0.15) is 36.9 Å². The van der Waals surface area contributed by atoms with Gasteiger partial charge in [0.2, 0.25) is 0 Å². The molecule has 0 aliphatic carbocycles. The Morgan fingerprint density at radius 2 is 1.83 bits per heavy atom. The Morgan fingerprint density at radius 1 is 1.07 bits per heavy atom. The lowest BCUT2D eigenvalue weighted by molar-refractivity contribution is -0.144. The number of nitrogens with one attached hydrogen (secondary N) is 1. The Hall–Kier alpha value is -3.28. The van der Waals surface area contributed by atoms with E-state index in [0.29, 0.717) is 17.1 Å². The van der Waals surface area contributed by atoms with E-state index in [0.717, 1.165) is 18.4 Å². The van der Waals surface area contributed by atoms with E-state index >= 15 is 0 Å². The van der Waals surface area contributed by atoms with E-state index in [1.807, 2.05) is 30.3 Å². The molecule has 6 nitrogen and oxygen atoms in total. The summed E-state index contributed by atoms with van der Waals surface area (Å²) >= 11 is 0. The molecule has 0 spiro atoms. The van der Waals surface area contributed by atoms with Crippen molar-refractivity contribution in [2.45, 2.75) is 25.8 Å². The first kappa shape index (κ1) is 22.0. The molecule has 0 radical (unpaired) electrons. The van der Waals surface area contributed by atoms with Gasteiger partial charge in [-0.05, 0) is 36.3 Å². The van der Waals surface area contributed by atoms with Crippen LogP contribution < -0.4 is 14.8 Å². The van der Waals surface area contributed by atoms with Crippen LogP contribution in [0.3, 0.4) is 0 Å². The number of methoxy groups -OCH3 is 2. The van der Waals surface area contributed by atoms with Crippen molar-refractivity contribution in [1.29, 1.82) is 0 Å². The summed E-state index contributed by atoms with van der Waals surface area (Å²) in [6.07, 6.45) is 4.54. The van der Waals surface area contributed by atoms with E-state index in [9.17, 15) is 9.59 Å². The van der Waals surface area contributed by atoms with Gasteiger partial charge in [0, 0.05) is 11.6 Å². The van der Waals surface area contributed by atoms with Gasteiger partial charge < -0.3 is 19.5 Å². The maximum atomic E-state index is 12.2. The molecular formula is C23H27NO5. The normalized spacial score (nSPS) is 11.7. The van der Waals surface area contributed by atoms with Gasteiger partial charge in [0.1, 0.15) is 11.5 Å². The van der Waals surface area contributed by atoms with Gasteiger partial charge in [0.25, 0.3) is 5.91 Å². The maximum absolute atomic E-state index is 12.2. The molecule has 0 aliphatic heterocycles. The van der Waals surface area contributed by atoms with Crippen LogP contribution in [0.15, 0.2) is 54.6 Å². The summed E-state index contributed by atoms with van der Waals surface area (Å²) in [5, 5.41) is 2.92. The Morgan fingerprint density at radius 3 is 2.48 bits per heavy atom. The van der Waals surface area contributed by atoms with Crippen LogP contribution in [-0.4, -0.2) is 32.7 Å². The average molecular weight is 397 g/mol. The highest BCUT2D eigenvalue weighted by Gasteiger charge is 2.14. The van der Waals surface area contributed by atoms with Crippen LogP contribution >= 0.6 is 0 Å². The molecule has 1 N–H and O–H groups in total. The Bertz CT molecular complexity index is 832. The van der Waals surface area contributed by atoms with E-state index in [4.69, 9.17) is 14.2 Å². The van der Waals surface area contributed by atoms with Crippen LogP contribution in [0.5, 0.6) is 11.5 Å². The number of hydrogen-bond acceptors (Lipinski definition) is 5. The molecule has 154 valence electrons. The number of benzene rings is 2. The minimum Gasteiger partial charge on any atom is -0.497 e. The van der Waals surface area contributed by atoms with Gasteiger partial charge in [-0.25, -0.2) is 4.79 Å². The number of carbonyl (C=O) groups is 2. The van der Waals surface area contributed by atoms with Gasteiger partial charge >= 0.3 is 5.97 Å². The molecule has 6 heteroatoms. The lowest BCUT2D eigenvalue weighted by Gasteiger charge is -2.18. The minimum absolute atomic E-state index is 0.107. The van der Waals surface area contributed by atoms with Crippen molar-refractivity contribution in [1.82, 2.24) is 5.32 Å². The summed E-state index contributed by atoms with van der Waals surface area (Å²) < 4.78 is 15.5. The fourth-order valence-electron chi connectivity index (χ4n) is 2.84. The third-order valence-electron chi connectivity index (χ3n) is 4.30. The SMILES string of the molecule is CCC[C@H](NC(=O)COC(=O)/C=C/c1cc(OC)ccc1OC)c1ccccc1. The fourth-order valence-corrected chi connectivity index (χ4v) is 2.84. The third-order valence-corrected chi connectivity index (χ3v) is 4.30. The molecule has 1 amide bonds. The highest BCUT2D eigenvalue weighted by atomic mass is 16.5. The summed E-state index contributed by atoms with van der Waals surface area (Å²) in [5.41, 5.74) is 1.69. The minimum atomic E-state index is -0.614. The van der Waals surface area contributed by atoms with Crippen LogP contribution in [0.4, 0.5) is 0 Å². The molecule has 29 heavy (non-hydrogen) atoms. The second kappa shape index (κ2) is 11.5. The zero-order valence-electron chi connectivity index (χ0n) is 17.0. The third kappa shape index (κ3) is 6.99. The molecule has 1 atom stereocenters. The highest BCUT2D eigenvalue weighted by Crippen LogP contribution is 2.25. The van der Waals surface area contributed by atoms with Crippen molar-refractivity contribution in [3.63, 3.8) is 0 Å². The van der Waals surface area contributed by atoms with Crippen molar-refractivity contribution in [2.24, 2.45) is 0 Å². The smallest absolute Gasteiger partial charge is 0.331 e. The summed E-state index contributed by atoms with van der Waals surface area (Å²) in [6.45, 7) is 1.71. The van der Waals surface area contributed by atoms with Crippen molar-refractivity contribution >= 4 is 18.0 Å². The van der Waals surface area contributed by atoms with E-state index < -0.39 is 5.97 Å². The van der Waals surface area contributed by atoms with E-state index in [-0.39, 0.29) is 18.6 Å². The molecule has 0 unspecified atom stereocenters. The molecular weight excluding hydrogens is 370 g/mol. The fraction of sp³-hybridized carbons (Fsp3) is 0.304. The summed E-state index contributed by atoms with van der Waals surface area (Å²) in [6, 6.07) is 14.9. The standard InChI is InChI=1S/C23H27NO5/c1-4-8-20(17-9-6-5-7-10-17)24-22(25)16-29-23(26)14-11-18-15-19(27-2)12-13-21(18)28-3/h5-7,9-15,20H,4,8,16H2,1-3H3,(H,24,25)/b14-11+/t20-/m0/s1. The lowest BCUT2D eigenvalue weighted by atomic mass is 10.0. The van der Waals surface area contributed by atoms with E-state index in [1.54, 1.807) is 38.5 Å². The topological polar surface area (TPSA) is 73.9 Å². The van der Waals surface area contributed by atoms with Crippen LogP contribution in [-0.2, 0) is 14.3 Å². The van der Waals surface area contributed by atoms with Crippen molar-refractivity contribution < 1.29 is 23.8 Å². The Labute approximate surface area is 171 Å². The Balaban J connectivity index is 1.91. The van der Waals surface area contributed by atoms with Crippen LogP contribution in [0.25, 0.3) is 6.08 Å². The number of carbonyl (C=O) groups excluding carboxylic acids is 2. The maximum Gasteiger partial charge on any atom is 0.331 e. The highest BCUT2D eigenvalue weighted by molar-refractivity contribution is 5.89. The summed E-state index contributed by atoms with van der Waals surface area (Å²) in [7, 11) is 3.10. The first-order valence-electron chi connectivity index (χ1n) is 9.48. The van der Waals surface area contributed by atoms with Crippen LogP contribution in [0, 0.1) is 0 Å². The molecule has 0 saturated heterocycles. The van der Waals surface area contributed by atoms with Gasteiger partial charge in [-0.1, -0.05) is 43.7 Å². The predicted octanol–water partition coefficient (Wildman–Crippen LogP) is 3.92. The van der Waals surface area contributed by atoms with Gasteiger partial charge in [-0.15, -0.1) is 0 Å². The molecule has 0 bridgehead atoms. The van der Waals surface area contributed by atoms with Crippen molar-refractivity contribution in [3.8, 4) is 11.5 Å². The quantitative estimate of drug-likeness (QED) is 0.486. The first-order valence-corrected chi connectivity index (χ1v) is 9.48. The Kier molecular flexibility index (Phi) is 8.76. The van der Waals surface area contributed by atoms with Gasteiger partial charge in [-0.3, -0.25) is 4.79 Å². The van der Waals surface area contributed by atoms with Crippen molar-refractivity contribution in [2.75, 3.05) is 20.8 Å². The zero-order chi connectivity index (χ0) is 21.1. The van der Waals surface area contributed by atoms with Crippen LogP contribution in [0.2, 0.25) is 0 Å². The average Bonchev–Trinajstić information content (AvgIpc) is 2.76. The number of rotatable bonds is 10. The second-order valence-corrected chi connectivity index (χ2v) is 6.37. The first-order chi connectivity index (χ1) is 14.1. The van der Waals surface area contributed by atoms with Crippen molar-refractivity contribution in [3.05, 3.63) is 65.7 Å². The second-order valence-electron chi connectivity index (χ2n) is 6.37. The molecule has 0 aliphatic rings. The van der Waals surface area contributed by atoms with Gasteiger partial charge in [0.15, 0.2) is 6.61 Å². The number of ether oxygens (including phenoxy) is 3.